The molecule has 1 N–H and O–H groups in total. The molecule has 0 heterocycles. The van der Waals surface area contributed by atoms with Gasteiger partial charge in [0.1, 0.15) is 0 Å². The van der Waals surface area contributed by atoms with E-state index in [-0.39, 0.29) is 16.7 Å². The van der Waals surface area contributed by atoms with E-state index in [1.54, 1.807) is 0 Å². The van der Waals surface area contributed by atoms with E-state index in [4.69, 9.17) is 0 Å². The van der Waals surface area contributed by atoms with Crippen molar-refractivity contribution in [2.45, 2.75) is 12.6 Å². The topological polar surface area (TPSA) is 167 Å². The summed E-state index contributed by atoms with van der Waals surface area (Å²) < 4.78 is 0. The summed E-state index contributed by atoms with van der Waals surface area (Å²) in [6.45, 7) is 1.19. The highest BCUT2D eigenvalue weighted by molar-refractivity contribution is 6.11. The van der Waals surface area contributed by atoms with Crippen LogP contribution < -0.4 is 0 Å². The van der Waals surface area contributed by atoms with E-state index in [9.17, 15) is 40.2 Å². The molecule has 0 saturated carbocycles. The smallest absolute Gasteiger partial charge is 0.320 e. The first-order chi connectivity index (χ1) is 12.1. The maximum atomic E-state index is 12.7. The van der Waals surface area contributed by atoms with Crippen LogP contribution in [0.25, 0.3) is 11.1 Å². The average Bonchev–Trinajstić information content (AvgIpc) is 2.58. The fraction of sp³-hybridized carbons (Fsp3) is 0.133. The summed E-state index contributed by atoms with van der Waals surface area (Å²) in [5.74, 6) is -1.39. The zero-order chi connectivity index (χ0) is 19.4. The summed E-state index contributed by atoms with van der Waals surface area (Å²) in [6.07, 6.45) is 0. The summed E-state index contributed by atoms with van der Waals surface area (Å²) in [6, 6.07) is 5.42. The van der Waals surface area contributed by atoms with E-state index in [0.29, 0.717) is 0 Å². The SMILES string of the molecule is Cc1c([N+](=O)[O-])ccc2c1C(O)([N+](=O)[O-])C(=O)c1cc([N+](=O)[O-])ccc1-2. The van der Waals surface area contributed by atoms with Crippen molar-refractivity contribution in [2.24, 2.45) is 0 Å². The van der Waals surface area contributed by atoms with Gasteiger partial charge in [0.15, 0.2) is 0 Å². The van der Waals surface area contributed by atoms with Crippen LogP contribution in [0.4, 0.5) is 11.4 Å². The zero-order valence-electron chi connectivity index (χ0n) is 13.0. The summed E-state index contributed by atoms with van der Waals surface area (Å²) in [5, 5.41) is 44.2. The normalized spacial score (nSPS) is 18.0. The number of carbonyl (C=O) groups excluding carboxylic acids is 1. The van der Waals surface area contributed by atoms with Gasteiger partial charge in [-0.25, -0.2) is 0 Å². The Hall–Kier alpha value is -3.73. The Balaban J connectivity index is 2.46. The number of nitro benzene ring substituents is 2. The summed E-state index contributed by atoms with van der Waals surface area (Å²) in [4.78, 5) is 43.4. The number of non-ortho nitro benzene ring substituents is 1. The molecule has 0 aromatic heterocycles. The third kappa shape index (κ3) is 2.07. The van der Waals surface area contributed by atoms with Crippen LogP contribution in [0.5, 0.6) is 0 Å². The lowest BCUT2D eigenvalue weighted by Gasteiger charge is -2.28. The minimum atomic E-state index is -3.28. The standard InChI is InChI=1S/C15H9N3O8/c1-7-12(17(23)24)5-4-10-9-3-2-8(16(21)22)6-11(9)14(19)15(20,13(7)10)18(25)26/h2-6,20H,1H3. The largest absolute Gasteiger partial charge is 0.414 e. The molecule has 132 valence electrons. The number of nitrogens with zero attached hydrogens (tertiary/aromatic N) is 3. The van der Waals surface area contributed by atoms with Gasteiger partial charge in [0.05, 0.1) is 20.3 Å². The molecule has 1 aliphatic rings. The molecule has 1 aliphatic carbocycles. The molecule has 0 saturated heterocycles. The molecule has 11 nitrogen and oxygen atoms in total. The Morgan fingerprint density at radius 3 is 2.08 bits per heavy atom. The molecule has 0 spiro atoms. The molecule has 0 aliphatic heterocycles. The van der Waals surface area contributed by atoms with Gasteiger partial charge >= 0.3 is 5.72 Å². The summed E-state index contributed by atoms with van der Waals surface area (Å²) in [7, 11) is 0. The highest BCUT2D eigenvalue weighted by Gasteiger charge is 2.58. The maximum absolute atomic E-state index is 12.7. The molecule has 0 radical (unpaired) electrons. The molecule has 2 aromatic carbocycles. The van der Waals surface area contributed by atoms with E-state index in [1.165, 1.54) is 19.1 Å². The Kier molecular flexibility index (Phi) is 3.55. The molecule has 0 amide bonds. The highest BCUT2D eigenvalue weighted by atomic mass is 16.7. The van der Waals surface area contributed by atoms with Crippen LogP contribution >= 0.6 is 0 Å². The highest BCUT2D eigenvalue weighted by Crippen LogP contribution is 2.46. The van der Waals surface area contributed by atoms with Gasteiger partial charge in [0, 0.05) is 29.3 Å². The third-order valence-corrected chi connectivity index (χ3v) is 4.31. The number of benzene rings is 2. The average molecular weight is 359 g/mol. The van der Waals surface area contributed by atoms with Gasteiger partial charge in [-0.15, -0.1) is 0 Å². The minimum absolute atomic E-state index is 0.0248. The molecule has 3 rings (SSSR count). The molecule has 0 fully saturated rings. The van der Waals surface area contributed by atoms with Crippen molar-refractivity contribution < 1.29 is 24.7 Å². The molecule has 26 heavy (non-hydrogen) atoms. The summed E-state index contributed by atoms with van der Waals surface area (Å²) in [5.41, 5.74) is -5.27. The van der Waals surface area contributed by atoms with Gasteiger partial charge in [-0.1, -0.05) is 0 Å². The number of Topliss-reactive ketones (excluding diaryl/α,β-unsaturated/α-hetero) is 1. The van der Waals surface area contributed by atoms with Crippen molar-refractivity contribution in [1.82, 2.24) is 0 Å². The van der Waals surface area contributed by atoms with Crippen molar-refractivity contribution in [1.29, 1.82) is 0 Å². The quantitative estimate of drug-likeness (QED) is 0.494. The summed E-state index contributed by atoms with van der Waals surface area (Å²) >= 11 is 0. The molecule has 0 bridgehead atoms. The van der Waals surface area contributed by atoms with Crippen molar-refractivity contribution >= 4 is 17.2 Å². The fourth-order valence-electron chi connectivity index (χ4n) is 3.12. The second kappa shape index (κ2) is 5.39. The van der Waals surface area contributed by atoms with Gasteiger partial charge in [0.25, 0.3) is 17.2 Å². The van der Waals surface area contributed by atoms with E-state index in [1.807, 2.05) is 0 Å². The Morgan fingerprint density at radius 1 is 0.923 bits per heavy atom. The molecule has 1 atom stereocenters. The first-order valence-electron chi connectivity index (χ1n) is 7.09. The van der Waals surface area contributed by atoms with Gasteiger partial charge in [-0.05, 0) is 30.2 Å². The number of hydrogen-bond acceptors (Lipinski definition) is 8. The molecule has 1 unspecified atom stereocenters. The van der Waals surface area contributed by atoms with Crippen LogP contribution in [-0.2, 0) is 5.72 Å². The van der Waals surface area contributed by atoms with E-state index in [0.717, 1.165) is 18.2 Å². The van der Waals surface area contributed by atoms with Gasteiger partial charge in [0.2, 0.25) is 0 Å². The van der Waals surface area contributed by atoms with Crippen LogP contribution in [0.1, 0.15) is 21.5 Å². The predicted octanol–water partition coefficient (Wildman–Crippen LogP) is 2.10. The Bertz CT molecular complexity index is 1030. The molecule has 11 heteroatoms. The van der Waals surface area contributed by atoms with Gasteiger partial charge in [-0.3, -0.25) is 35.1 Å². The second-order valence-corrected chi connectivity index (χ2v) is 5.63. The predicted molar refractivity (Wildman–Crippen MR) is 85.1 cm³/mol. The number of hydrogen-bond donors (Lipinski definition) is 1. The van der Waals surface area contributed by atoms with E-state index < -0.39 is 48.8 Å². The number of rotatable bonds is 3. The van der Waals surface area contributed by atoms with Crippen LogP contribution in [0, 0.1) is 37.3 Å². The molecular formula is C15H9N3O8. The molecule has 2 aromatic rings. The maximum Gasteiger partial charge on any atom is 0.414 e. The first-order valence-corrected chi connectivity index (χ1v) is 7.09. The second-order valence-electron chi connectivity index (χ2n) is 5.63. The number of nitro groups is 3. The first kappa shape index (κ1) is 17.1. The number of fused-ring (bicyclic) bond motifs is 3. The van der Waals surface area contributed by atoms with Crippen LogP contribution in [0.15, 0.2) is 30.3 Å². The van der Waals surface area contributed by atoms with Crippen molar-refractivity contribution in [3.63, 3.8) is 0 Å². The minimum Gasteiger partial charge on any atom is -0.320 e. The van der Waals surface area contributed by atoms with Crippen molar-refractivity contribution in [2.75, 3.05) is 0 Å². The lowest BCUT2D eigenvalue weighted by molar-refractivity contribution is -0.612. The van der Waals surface area contributed by atoms with Crippen LogP contribution in [-0.4, -0.2) is 25.7 Å². The van der Waals surface area contributed by atoms with E-state index >= 15 is 0 Å². The number of ketones is 1. The fourth-order valence-corrected chi connectivity index (χ4v) is 3.12. The Labute approximate surface area is 143 Å². The third-order valence-electron chi connectivity index (χ3n) is 4.31. The van der Waals surface area contributed by atoms with Crippen molar-refractivity contribution in [3.8, 4) is 11.1 Å². The zero-order valence-corrected chi connectivity index (χ0v) is 13.0. The van der Waals surface area contributed by atoms with Crippen LogP contribution in [0.2, 0.25) is 0 Å². The van der Waals surface area contributed by atoms with Crippen LogP contribution in [0.3, 0.4) is 0 Å². The van der Waals surface area contributed by atoms with Gasteiger partial charge < -0.3 is 5.11 Å². The molecular weight excluding hydrogens is 350 g/mol. The van der Waals surface area contributed by atoms with Gasteiger partial charge in [-0.2, -0.15) is 0 Å². The number of carbonyl (C=O) groups is 1. The monoisotopic (exact) mass is 359 g/mol. The number of aliphatic hydroxyl groups is 1. The lowest BCUT2D eigenvalue weighted by Crippen LogP contribution is -2.46. The Morgan fingerprint density at radius 2 is 1.54 bits per heavy atom. The lowest BCUT2D eigenvalue weighted by atomic mass is 9.77. The van der Waals surface area contributed by atoms with Crippen molar-refractivity contribution in [3.05, 3.63) is 77.4 Å². The van der Waals surface area contributed by atoms with E-state index in [2.05, 4.69) is 0 Å².